The highest BCUT2D eigenvalue weighted by atomic mass is 35.5. The van der Waals surface area contributed by atoms with Crippen LogP contribution in [-0.2, 0) is 12.0 Å². The molecule has 4 nitrogen and oxygen atoms in total. The summed E-state index contributed by atoms with van der Waals surface area (Å²) in [6.07, 6.45) is 5.47. The molecule has 0 N–H and O–H groups in total. The SMILES string of the molecule is CC1(C)CN(C(=O)c2cc(F)cc(Cl)c2)Cc2cc(N3CCN(C4CCCC4)CC3)ccc21. The first-order valence-corrected chi connectivity index (χ1v) is 12.6. The Morgan fingerprint density at radius 2 is 1.76 bits per heavy atom. The number of amides is 1. The van der Waals surface area contributed by atoms with Gasteiger partial charge in [0.1, 0.15) is 5.82 Å². The van der Waals surface area contributed by atoms with E-state index in [-0.39, 0.29) is 16.3 Å². The van der Waals surface area contributed by atoms with Gasteiger partial charge in [-0.05, 0) is 54.3 Å². The molecule has 5 rings (SSSR count). The molecule has 2 aromatic carbocycles. The highest BCUT2D eigenvalue weighted by molar-refractivity contribution is 6.31. The number of nitrogens with zero attached hydrogens (tertiary/aromatic N) is 3. The van der Waals surface area contributed by atoms with Crippen molar-refractivity contribution in [1.29, 1.82) is 0 Å². The van der Waals surface area contributed by atoms with E-state index in [4.69, 9.17) is 11.6 Å². The van der Waals surface area contributed by atoms with Crippen LogP contribution in [0.1, 0.15) is 61.0 Å². The molecule has 6 heteroatoms. The number of rotatable bonds is 3. The van der Waals surface area contributed by atoms with Crippen molar-refractivity contribution < 1.29 is 9.18 Å². The van der Waals surface area contributed by atoms with Gasteiger partial charge in [-0.15, -0.1) is 0 Å². The molecule has 1 saturated carbocycles. The zero-order chi connectivity index (χ0) is 23.2. The minimum atomic E-state index is -0.485. The van der Waals surface area contributed by atoms with E-state index in [1.54, 1.807) is 6.07 Å². The maximum absolute atomic E-state index is 13.9. The Morgan fingerprint density at radius 3 is 2.45 bits per heavy atom. The molecule has 0 radical (unpaired) electrons. The van der Waals surface area contributed by atoms with Crippen LogP contribution < -0.4 is 4.90 Å². The summed E-state index contributed by atoms with van der Waals surface area (Å²) < 4.78 is 13.9. The highest BCUT2D eigenvalue weighted by Crippen LogP contribution is 2.36. The molecule has 0 aromatic heterocycles. The Labute approximate surface area is 201 Å². The minimum Gasteiger partial charge on any atom is -0.369 e. The predicted molar refractivity (Wildman–Crippen MR) is 132 cm³/mol. The third-order valence-electron chi connectivity index (χ3n) is 7.68. The second kappa shape index (κ2) is 8.92. The molecular formula is C27H33ClFN3O. The second-order valence-electron chi connectivity index (χ2n) is 10.5. The number of benzene rings is 2. The van der Waals surface area contributed by atoms with Crippen molar-refractivity contribution in [1.82, 2.24) is 9.80 Å². The maximum Gasteiger partial charge on any atom is 0.254 e. The van der Waals surface area contributed by atoms with Crippen molar-refractivity contribution in [3.05, 3.63) is 63.9 Å². The van der Waals surface area contributed by atoms with E-state index in [1.807, 2.05) is 4.90 Å². The smallest absolute Gasteiger partial charge is 0.254 e. The van der Waals surface area contributed by atoms with Gasteiger partial charge in [-0.1, -0.05) is 44.4 Å². The number of piperazine rings is 1. The quantitative estimate of drug-likeness (QED) is 0.595. The lowest BCUT2D eigenvalue weighted by atomic mass is 9.78. The zero-order valence-electron chi connectivity index (χ0n) is 19.6. The highest BCUT2D eigenvalue weighted by Gasteiger charge is 2.35. The van der Waals surface area contributed by atoms with Gasteiger partial charge in [-0.25, -0.2) is 4.39 Å². The van der Waals surface area contributed by atoms with Crippen LogP contribution in [0.2, 0.25) is 5.02 Å². The largest absolute Gasteiger partial charge is 0.369 e. The number of anilines is 1. The van der Waals surface area contributed by atoms with Crippen molar-refractivity contribution in [2.45, 2.75) is 57.5 Å². The first-order chi connectivity index (χ1) is 15.8. The summed E-state index contributed by atoms with van der Waals surface area (Å²) in [5.74, 6) is -0.660. The third kappa shape index (κ3) is 4.63. The van der Waals surface area contributed by atoms with Crippen molar-refractivity contribution >= 4 is 23.2 Å². The molecule has 0 atom stereocenters. The first-order valence-electron chi connectivity index (χ1n) is 12.2. The van der Waals surface area contributed by atoms with E-state index in [9.17, 15) is 9.18 Å². The second-order valence-corrected chi connectivity index (χ2v) is 10.9. The number of halogens is 2. The van der Waals surface area contributed by atoms with Crippen LogP contribution in [0.3, 0.4) is 0 Å². The predicted octanol–water partition coefficient (Wildman–Crippen LogP) is 5.48. The third-order valence-corrected chi connectivity index (χ3v) is 7.90. The van der Waals surface area contributed by atoms with Crippen molar-refractivity contribution in [3.63, 3.8) is 0 Å². The number of carbonyl (C=O) groups is 1. The van der Waals surface area contributed by atoms with E-state index in [0.717, 1.165) is 32.2 Å². The molecule has 1 amide bonds. The standard InChI is InChI=1S/C27H33ClFN3O/c1-27(2)18-32(26(33)19-13-21(28)16-22(29)14-19)17-20-15-24(7-8-25(20)27)31-11-9-30(10-12-31)23-5-3-4-6-23/h7-8,13-16,23H,3-6,9-12,17-18H2,1-2H3. The Bertz CT molecular complexity index is 1020. The van der Waals surface area contributed by atoms with E-state index in [0.29, 0.717) is 18.7 Å². The van der Waals surface area contributed by atoms with Crippen LogP contribution in [0, 0.1) is 5.82 Å². The lowest BCUT2D eigenvalue weighted by Gasteiger charge is -2.42. The Balaban J connectivity index is 1.34. The van der Waals surface area contributed by atoms with E-state index in [2.05, 4.69) is 41.8 Å². The summed E-state index contributed by atoms with van der Waals surface area (Å²) >= 11 is 6.01. The molecular weight excluding hydrogens is 437 g/mol. The molecule has 1 saturated heterocycles. The van der Waals surface area contributed by atoms with Crippen LogP contribution >= 0.6 is 11.6 Å². The number of fused-ring (bicyclic) bond motifs is 1. The molecule has 0 spiro atoms. The van der Waals surface area contributed by atoms with Gasteiger partial charge < -0.3 is 9.80 Å². The van der Waals surface area contributed by atoms with Gasteiger partial charge in [-0.2, -0.15) is 0 Å². The van der Waals surface area contributed by atoms with Crippen LogP contribution in [0.5, 0.6) is 0 Å². The van der Waals surface area contributed by atoms with Gasteiger partial charge in [0.15, 0.2) is 0 Å². The molecule has 0 unspecified atom stereocenters. The number of hydrogen-bond acceptors (Lipinski definition) is 3. The fourth-order valence-corrected chi connectivity index (χ4v) is 6.23. The van der Waals surface area contributed by atoms with E-state index >= 15 is 0 Å². The first kappa shape index (κ1) is 22.7. The van der Waals surface area contributed by atoms with Crippen molar-refractivity contribution in [2.24, 2.45) is 0 Å². The average molecular weight is 470 g/mol. The van der Waals surface area contributed by atoms with Gasteiger partial charge in [0.2, 0.25) is 0 Å². The van der Waals surface area contributed by atoms with Crippen molar-refractivity contribution in [3.8, 4) is 0 Å². The zero-order valence-corrected chi connectivity index (χ0v) is 20.4. The Morgan fingerprint density at radius 1 is 1.03 bits per heavy atom. The van der Waals surface area contributed by atoms with E-state index < -0.39 is 5.82 Å². The summed E-state index contributed by atoms with van der Waals surface area (Å²) in [7, 11) is 0. The summed E-state index contributed by atoms with van der Waals surface area (Å²) in [4.78, 5) is 20.2. The molecule has 33 heavy (non-hydrogen) atoms. The lowest BCUT2D eigenvalue weighted by molar-refractivity contribution is 0.0686. The fourth-order valence-electron chi connectivity index (χ4n) is 6.01. The summed E-state index contributed by atoms with van der Waals surface area (Å²) in [6.45, 7) is 9.80. The summed E-state index contributed by atoms with van der Waals surface area (Å²) in [5, 5.41) is 0.244. The Kier molecular flexibility index (Phi) is 6.13. The van der Waals surface area contributed by atoms with Gasteiger partial charge in [-0.3, -0.25) is 9.69 Å². The topological polar surface area (TPSA) is 26.8 Å². The van der Waals surface area contributed by atoms with Crippen LogP contribution in [0.15, 0.2) is 36.4 Å². The van der Waals surface area contributed by atoms with E-state index in [1.165, 1.54) is 54.6 Å². The van der Waals surface area contributed by atoms with Crippen LogP contribution in [-0.4, -0.2) is 54.5 Å². The average Bonchev–Trinajstić information content (AvgIpc) is 3.32. The van der Waals surface area contributed by atoms with Crippen molar-refractivity contribution in [2.75, 3.05) is 37.6 Å². The lowest BCUT2D eigenvalue weighted by Crippen LogP contribution is -2.50. The Hall–Kier alpha value is -2.11. The molecule has 2 aliphatic heterocycles. The molecule has 3 aliphatic rings. The molecule has 1 aliphatic carbocycles. The van der Waals surface area contributed by atoms with Crippen LogP contribution in [0.25, 0.3) is 0 Å². The number of hydrogen-bond donors (Lipinski definition) is 0. The fraction of sp³-hybridized carbons (Fsp3) is 0.519. The molecule has 2 fully saturated rings. The molecule has 176 valence electrons. The summed E-state index contributed by atoms with van der Waals surface area (Å²) in [5.41, 5.74) is 3.83. The monoisotopic (exact) mass is 469 g/mol. The molecule has 2 aromatic rings. The van der Waals surface area contributed by atoms with Gasteiger partial charge >= 0.3 is 0 Å². The van der Waals surface area contributed by atoms with Gasteiger partial charge in [0, 0.05) is 67.0 Å². The van der Waals surface area contributed by atoms with Gasteiger partial charge in [0.05, 0.1) is 0 Å². The summed E-state index contributed by atoms with van der Waals surface area (Å²) in [6, 6.07) is 11.6. The normalized spacial score (nSPS) is 21.3. The number of carbonyl (C=O) groups excluding carboxylic acids is 1. The van der Waals surface area contributed by atoms with Crippen LogP contribution in [0.4, 0.5) is 10.1 Å². The minimum absolute atomic E-state index is 0.175. The molecule has 2 heterocycles. The van der Waals surface area contributed by atoms with Gasteiger partial charge in [0.25, 0.3) is 5.91 Å². The molecule has 0 bridgehead atoms. The maximum atomic E-state index is 13.9.